The Balaban J connectivity index is 1.72. The lowest BCUT2D eigenvalue weighted by Crippen LogP contribution is -2.42. The number of nitrogens with one attached hydrogen (secondary N) is 1. The highest BCUT2D eigenvalue weighted by Gasteiger charge is 2.41. The summed E-state index contributed by atoms with van der Waals surface area (Å²) in [6.45, 7) is 1.19. The molecule has 1 aliphatic rings. The monoisotopic (exact) mass is 440 g/mol. The van der Waals surface area contributed by atoms with Crippen molar-refractivity contribution in [2.24, 2.45) is 0 Å². The molecular formula is C22H20N2O6S. The van der Waals surface area contributed by atoms with Crippen LogP contribution in [0.2, 0.25) is 0 Å². The second-order valence-corrected chi connectivity index (χ2v) is 7.48. The third-order valence-corrected chi connectivity index (χ3v) is 5.26. The van der Waals surface area contributed by atoms with E-state index < -0.39 is 23.2 Å². The Kier molecular flexibility index (Phi) is 7.09. The van der Waals surface area contributed by atoms with Crippen molar-refractivity contribution in [3.05, 3.63) is 65.1 Å². The Hall–Kier alpha value is -3.59. The molecule has 0 aliphatic carbocycles. The second-order valence-electron chi connectivity index (χ2n) is 6.49. The quantitative estimate of drug-likeness (QED) is 0.521. The van der Waals surface area contributed by atoms with Gasteiger partial charge in [0.2, 0.25) is 0 Å². The van der Waals surface area contributed by atoms with Crippen LogP contribution in [0.25, 0.3) is 6.08 Å². The van der Waals surface area contributed by atoms with Gasteiger partial charge in [0.25, 0.3) is 17.1 Å². The van der Waals surface area contributed by atoms with Gasteiger partial charge in [-0.25, -0.2) is 4.79 Å². The molecule has 3 amide bonds. The summed E-state index contributed by atoms with van der Waals surface area (Å²) in [5.74, 6) is -1.24. The van der Waals surface area contributed by atoms with Crippen molar-refractivity contribution in [2.45, 2.75) is 13.0 Å². The first-order valence-electron chi connectivity index (χ1n) is 9.32. The van der Waals surface area contributed by atoms with Crippen molar-refractivity contribution in [3.8, 4) is 5.75 Å². The van der Waals surface area contributed by atoms with E-state index >= 15 is 0 Å². The molecule has 1 saturated heterocycles. The van der Waals surface area contributed by atoms with Gasteiger partial charge < -0.3 is 14.8 Å². The number of imide groups is 1. The van der Waals surface area contributed by atoms with E-state index in [1.54, 1.807) is 48.5 Å². The van der Waals surface area contributed by atoms with Gasteiger partial charge in [0.15, 0.2) is 6.61 Å². The number of thioether (sulfide) groups is 1. The van der Waals surface area contributed by atoms with Gasteiger partial charge in [-0.05, 0) is 43.0 Å². The minimum Gasteiger partial charge on any atom is -0.483 e. The number of ether oxygens (including phenoxy) is 2. The molecule has 9 heteroatoms. The van der Waals surface area contributed by atoms with Gasteiger partial charge in [0, 0.05) is 11.3 Å². The third kappa shape index (κ3) is 5.32. The number of nitrogens with zero attached hydrogens (tertiary/aromatic N) is 1. The number of para-hydroxylation sites is 2. The molecule has 1 fully saturated rings. The van der Waals surface area contributed by atoms with Crippen LogP contribution in [0.4, 0.5) is 10.5 Å². The lowest BCUT2D eigenvalue weighted by atomic mass is 10.1. The number of carbonyl (C=O) groups is 4. The van der Waals surface area contributed by atoms with Crippen LogP contribution in [0.15, 0.2) is 59.5 Å². The van der Waals surface area contributed by atoms with Crippen LogP contribution in [-0.4, -0.2) is 47.7 Å². The Morgan fingerprint density at radius 2 is 1.77 bits per heavy atom. The number of hydrogen-bond acceptors (Lipinski definition) is 7. The maximum atomic E-state index is 12.7. The zero-order valence-electron chi connectivity index (χ0n) is 16.9. The van der Waals surface area contributed by atoms with E-state index in [1.807, 2.05) is 6.07 Å². The molecule has 1 heterocycles. The summed E-state index contributed by atoms with van der Waals surface area (Å²) in [4.78, 5) is 49.8. The summed E-state index contributed by atoms with van der Waals surface area (Å²) in [7, 11) is 1.19. The van der Waals surface area contributed by atoms with E-state index in [0.29, 0.717) is 17.0 Å². The van der Waals surface area contributed by atoms with Crippen LogP contribution in [-0.2, 0) is 19.1 Å². The SMILES string of the molecule is COC(=O)C(C)N1C(=O)SC(=Cc2ccccc2OCC(=O)Nc2ccccc2)C1=O. The Labute approximate surface area is 183 Å². The molecule has 1 atom stereocenters. The second kappa shape index (κ2) is 9.94. The molecule has 2 aromatic rings. The van der Waals surface area contributed by atoms with E-state index in [4.69, 9.17) is 4.74 Å². The van der Waals surface area contributed by atoms with Gasteiger partial charge >= 0.3 is 5.97 Å². The molecular weight excluding hydrogens is 420 g/mol. The predicted molar refractivity (Wildman–Crippen MR) is 116 cm³/mol. The van der Waals surface area contributed by atoms with Gasteiger partial charge in [-0.3, -0.25) is 19.3 Å². The molecule has 2 aromatic carbocycles. The minimum atomic E-state index is -1.03. The molecule has 1 aliphatic heterocycles. The molecule has 0 aromatic heterocycles. The first-order valence-corrected chi connectivity index (χ1v) is 10.1. The summed E-state index contributed by atoms with van der Waals surface area (Å²) in [6, 6.07) is 14.8. The number of hydrogen-bond donors (Lipinski definition) is 1. The molecule has 1 N–H and O–H groups in total. The summed E-state index contributed by atoms with van der Waals surface area (Å²) in [5.41, 5.74) is 1.17. The molecule has 3 rings (SSSR count). The first kappa shape index (κ1) is 22.1. The van der Waals surface area contributed by atoms with Crippen LogP contribution in [0, 0.1) is 0 Å². The maximum Gasteiger partial charge on any atom is 0.328 e. The lowest BCUT2D eigenvalue weighted by Gasteiger charge is -2.18. The van der Waals surface area contributed by atoms with Gasteiger partial charge in [0.05, 0.1) is 12.0 Å². The minimum absolute atomic E-state index is 0.144. The fraction of sp³-hybridized carbons (Fsp3) is 0.182. The summed E-state index contributed by atoms with van der Waals surface area (Å²) < 4.78 is 10.2. The zero-order chi connectivity index (χ0) is 22.4. The topological polar surface area (TPSA) is 102 Å². The normalized spacial score (nSPS) is 15.7. The molecule has 1 unspecified atom stereocenters. The summed E-state index contributed by atoms with van der Waals surface area (Å²) in [5, 5.41) is 2.16. The van der Waals surface area contributed by atoms with E-state index in [-0.39, 0.29) is 17.4 Å². The van der Waals surface area contributed by atoms with Crippen molar-refractivity contribution < 1.29 is 28.7 Å². The van der Waals surface area contributed by atoms with Gasteiger partial charge in [-0.1, -0.05) is 36.4 Å². The Morgan fingerprint density at radius 3 is 2.48 bits per heavy atom. The zero-order valence-corrected chi connectivity index (χ0v) is 17.7. The van der Waals surface area contributed by atoms with Gasteiger partial charge in [-0.15, -0.1) is 0 Å². The number of methoxy groups -OCH3 is 1. The molecule has 0 bridgehead atoms. The van der Waals surface area contributed by atoms with Gasteiger partial charge in [-0.2, -0.15) is 0 Å². The maximum absolute atomic E-state index is 12.7. The Bertz CT molecular complexity index is 1040. The predicted octanol–water partition coefficient (Wildman–Crippen LogP) is 3.30. The fourth-order valence-electron chi connectivity index (χ4n) is 2.82. The van der Waals surface area contributed by atoms with Crippen molar-refractivity contribution in [3.63, 3.8) is 0 Å². The van der Waals surface area contributed by atoms with Crippen molar-refractivity contribution >= 4 is 46.5 Å². The van der Waals surface area contributed by atoms with E-state index in [2.05, 4.69) is 10.1 Å². The smallest absolute Gasteiger partial charge is 0.328 e. The van der Waals surface area contributed by atoms with Crippen LogP contribution >= 0.6 is 11.8 Å². The Morgan fingerprint density at radius 1 is 1.10 bits per heavy atom. The number of anilines is 1. The fourth-order valence-corrected chi connectivity index (χ4v) is 3.72. The number of rotatable bonds is 7. The molecule has 8 nitrogen and oxygen atoms in total. The number of benzene rings is 2. The third-order valence-electron chi connectivity index (χ3n) is 4.38. The van der Waals surface area contributed by atoms with Crippen LogP contribution in [0.3, 0.4) is 0 Å². The highest BCUT2D eigenvalue weighted by atomic mass is 32.2. The van der Waals surface area contributed by atoms with E-state index in [9.17, 15) is 19.2 Å². The highest BCUT2D eigenvalue weighted by Crippen LogP contribution is 2.35. The van der Waals surface area contributed by atoms with E-state index in [1.165, 1.54) is 20.1 Å². The van der Waals surface area contributed by atoms with Crippen LogP contribution in [0.1, 0.15) is 12.5 Å². The van der Waals surface area contributed by atoms with Crippen LogP contribution < -0.4 is 10.1 Å². The summed E-state index contributed by atoms with van der Waals surface area (Å²) in [6.07, 6.45) is 1.50. The lowest BCUT2D eigenvalue weighted by molar-refractivity contribution is -0.148. The number of esters is 1. The average molecular weight is 440 g/mol. The van der Waals surface area contributed by atoms with Gasteiger partial charge in [0.1, 0.15) is 11.8 Å². The molecule has 0 spiro atoms. The molecule has 0 radical (unpaired) electrons. The summed E-state index contributed by atoms with van der Waals surface area (Å²) >= 11 is 0.724. The molecule has 31 heavy (non-hydrogen) atoms. The molecule has 0 saturated carbocycles. The standard InChI is InChI=1S/C22H20N2O6S/c1-14(21(27)29-2)24-20(26)18(31-22(24)28)12-15-8-6-7-11-17(15)30-13-19(25)23-16-9-4-3-5-10-16/h3-12,14H,13H2,1-2H3,(H,23,25). The largest absolute Gasteiger partial charge is 0.483 e. The van der Waals surface area contributed by atoms with Crippen molar-refractivity contribution in [1.82, 2.24) is 4.90 Å². The van der Waals surface area contributed by atoms with Crippen LogP contribution in [0.5, 0.6) is 5.75 Å². The van der Waals surface area contributed by atoms with Crippen molar-refractivity contribution in [2.75, 3.05) is 19.0 Å². The molecule has 160 valence electrons. The van der Waals surface area contributed by atoms with Crippen molar-refractivity contribution in [1.29, 1.82) is 0 Å². The average Bonchev–Trinajstić information content (AvgIpc) is 3.05. The highest BCUT2D eigenvalue weighted by molar-refractivity contribution is 8.18. The number of amides is 3. The first-order chi connectivity index (χ1) is 14.9. The number of carbonyl (C=O) groups excluding carboxylic acids is 4. The van der Waals surface area contributed by atoms with E-state index in [0.717, 1.165) is 16.7 Å².